The van der Waals surface area contributed by atoms with Crippen molar-refractivity contribution in [3.8, 4) is 0 Å². The Morgan fingerprint density at radius 3 is 2.37 bits per heavy atom. The van der Waals surface area contributed by atoms with Crippen molar-refractivity contribution < 1.29 is 22.8 Å². The standard InChI is InChI=1S/C32H33ClN4O5S/c1-20(38)37(43(41,42)25-7-4-6-22(17-25)30(34)39)28-12-11-23(31(40)36-19-24-5-2-3-8-27(24)33)18-26(28)32(13-15-35-16-14-32)29(37)21-9-10-21/h2-8,11-12,17-18,21,29,35H,9-10,13-16,19H2,1H3,(H2-,34,36,39,40)/p+1. The van der Waals surface area contributed by atoms with E-state index in [-0.39, 0.29) is 28.8 Å². The number of nitrogens with one attached hydrogen (secondary N) is 2. The Bertz CT molecular complexity index is 1750. The van der Waals surface area contributed by atoms with Gasteiger partial charge < -0.3 is 16.4 Å². The number of halogens is 1. The number of rotatable bonds is 7. The monoisotopic (exact) mass is 621 g/mol. The Balaban J connectivity index is 1.52. The molecule has 3 aliphatic rings. The summed E-state index contributed by atoms with van der Waals surface area (Å²) in [5, 5.41) is 6.87. The topological polar surface area (TPSA) is 135 Å². The van der Waals surface area contributed by atoms with Gasteiger partial charge in [0.2, 0.25) is 5.91 Å². The van der Waals surface area contributed by atoms with Crippen molar-refractivity contribution in [3.05, 3.63) is 94.0 Å². The van der Waals surface area contributed by atoms with E-state index in [1.807, 2.05) is 18.2 Å². The summed E-state index contributed by atoms with van der Waals surface area (Å²) in [5.74, 6) is -1.59. The van der Waals surface area contributed by atoms with E-state index >= 15 is 0 Å². The Morgan fingerprint density at radius 1 is 1.00 bits per heavy atom. The van der Waals surface area contributed by atoms with Gasteiger partial charge in [0, 0.05) is 40.2 Å². The second-order valence-electron chi connectivity index (χ2n) is 11.7. The van der Waals surface area contributed by atoms with Gasteiger partial charge in [-0.3, -0.25) is 9.59 Å². The predicted octanol–water partition coefficient (Wildman–Crippen LogP) is 4.03. The number of quaternary nitrogens is 1. The Morgan fingerprint density at radius 2 is 1.72 bits per heavy atom. The highest BCUT2D eigenvalue weighted by Crippen LogP contribution is 2.62. The number of piperidine rings is 1. The Hall–Kier alpha value is -3.57. The first-order valence-corrected chi connectivity index (χ1v) is 16.3. The molecule has 1 saturated carbocycles. The molecule has 224 valence electrons. The minimum atomic E-state index is -4.44. The van der Waals surface area contributed by atoms with E-state index in [0.29, 0.717) is 42.2 Å². The van der Waals surface area contributed by atoms with Crippen molar-refractivity contribution in [3.63, 3.8) is 0 Å². The van der Waals surface area contributed by atoms with Gasteiger partial charge in [-0.25, -0.2) is 4.79 Å². The van der Waals surface area contributed by atoms with E-state index in [4.69, 9.17) is 17.3 Å². The van der Waals surface area contributed by atoms with E-state index in [2.05, 4.69) is 10.6 Å². The first-order valence-electron chi connectivity index (χ1n) is 14.5. The van der Waals surface area contributed by atoms with Gasteiger partial charge >= 0.3 is 15.9 Å². The van der Waals surface area contributed by atoms with Crippen molar-refractivity contribution in [2.45, 2.75) is 55.5 Å². The van der Waals surface area contributed by atoms with E-state index in [9.17, 15) is 22.8 Å². The minimum Gasteiger partial charge on any atom is -0.366 e. The lowest BCUT2D eigenvalue weighted by Crippen LogP contribution is -2.67. The molecular formula is C32H34ClN4O5S+. The zero-order valence-electron chi connectivity index (χ0n) is 23.8. The second-order valence-corrected chi connectivity index (χ2v) is 14.1. The summed E-state index contributed by atoms with van der Waals surface area (Å²) in [6.45, 7) is 2.87. The number of hydrogen-bond acceptors (Lipinski definition) is 6. The van der Waals surface area contributed by atoms with E-state index in [0.717, 1.165) is 24.0 Å². The predicted molar refractivity (Wildman–Crippen MR) is 164 cm³/mol. The third-order valence-electron chi connectivity index (χ3n) is 9.34. The van der Waals surface area contributed by atoms with E-state index in [1.165, 1.54) is 31.2 Å². The molecule has 4 N–H and O–H groups in total. The summed E-state index contributed by atoms with van der Waals surface area (Å²) in [4.78, 5) is 39.4. The molecule has 1 spiro atoms. The van der Waals surface area contributed by atoms with Crippen LogP contribution in [0.1, 0.15) is 64.4 Å². The maximum atomic E-state index is 14.9. The van der Waals surface area contributed by atoms with Crippen molar-refractivity contribution >= 4 is 45.0 Å². The molecule has 6 rings (SSSR count). The van der Waals surface area contributed by atoms with E-state index in [1.54, 1.807) is 24.3 Å². The van der Waals surface area contributed by atoms with Crippen LogP contribution in [0.4, 0.5) is 5.69 Å². The molecule has 11 heteroatoms. The normalized spacial score (nSPS) is 22.6. The summed E-state index contributed by atoms with van der Waals surface area (Å²) in [6.07, 6.45) is 2.86. The fourth-order valence-electron chi connectivity index (χ4n) is 7.33. The smallest absolute Gasteiger partial charge is 0.339 e. The largest absolute Gasteiger partial charge is 0.366 e. The number of benzene rings is 3. The number of sulfonamides is 1. The van der Waals surface area contributed by atoms with Crippen molar-refractivity contribution in [1.82, 2.24) is 14.5 Å². The van der Waals surface area contributed by atoms with Crippen LogP contribution in [0, 0.1) is 5.92 Å². The molecule has 2 atom stereocenters. The van der Waals surface area contributed by atoms with Gasteiger partial charge in [-0.15, -0.1) is 3.89 Å². The van der Waals surface area contributed by atoms with Crippen LogP contribution in [0.5, 0.6) is 0 Å². The van der Waals surface area contributed by atoms with Crippen LogP contribution < -0.4 is 20.3 Å². The molecule has 0 bridgehead atoms. The molecule has 9 nitrogen and oxygen atoms in total. The van der Waals surface area contributed by atoms with Crippen LogP contribution in [0.15, 0.2) is 71.6 Å². The van der Waals surface area contributed by atoms with Gasteiger partial charge in [0.05, 0.1) is 12.3 Å². The van der Waals surface area contributed by atoms with Crippen LogP contribution in [-0.2, 0) is 26.8 Å². The summed E-state index contributed by atoms with van der Waals surface area (Å²) < 4.78 is 28.9. The highest BCUT2D eigenvalue weighted by Gasteiger charge is 2.73. The molecule has 3 amide bonds. The molecule has 1 aliphatic carbocycles. The lowest BCUT2D eigenvalue weighted by Gasteiger charge is -2.43. The summed E-state index contributed by atoms with van der Waals surface area (Å²) in [6, 6.07) is 17.3. The molecule has 3 aromatic carbocycles. The number of primary amides is 1. The molecular weight excluding hydrogens is 588 g/mol. The number of nitrogens with two attached hydrogens (primary N) is 1. The van der Waals surface area contributed by atoms with Crippen LogP contribution in [0.2, 0.25) is 5.02 Å². The van der Waals surface area contributed by atoms with Gasteiger partial charge in [0.1, 0.15) is 10.9 Å². The molecule has 0 aromatic heterocycles. The zero-order valence-corrected chi connectivity index (χ0v) is 25.4. The molecule has 2 fully saturated rings. The van der Waals surface area contributed by atoms with Crippen LogP contribution in [0.3, 0.4) is 0 Å². The van der Waals surface area contributed by atoms with Gasteiger partial charge in [-0.2, -0.15) is 8.42 Å². The fourth-order valence-corrected chi connectivity index (χ4v) is 9.82. The van der Waals surface area contributed by atoms with Gasteiger partial charge in [-0.1, -0.05) is 35.9 Å². The average molecular weight is 622 g/mol. The van der Waals surface area contributed by atoms with Gasteiger partial charge in [-0.05, 0) is 80.7 Å². The molecule has 1 saturated heterocycles. The average Bonchev–Trinajstić information content (AvgIpc) is 3.80. The highest BCUT2D eigenvalue weighted by atomic mass is 35.5. The van der Waals surface area contributed by atoms with Crippen molar-refractivity contribution in [2.75, 3.05) is 13.1 Å². The molecule has 0 radical (unpaired) electrons. The van der Waals surface area contributed by atoms with Crippen LogP contribution in [0.25, 0.3) is 0 Å². The lowest BCUT2D eigenvalue weighted by molar-refractivity contribution is -0.126. The third kappa shape index (κ3) is 4.59. The lowest BCUT2D eigenvalue weighted by atomic mass is 9.68. The van der Waals surface area contributed by atoms with Gasteiger partial charge in [0.25, 0.3) is 5.91 Å². The number of amides is 3. The SMILES string of the molecule is CC(=O)[N+]1(S(=O)(=O)c2cccc(C(N)=O)c2)c2ccc(C(=O)NCc3ccccc3Cl)cc2C2(CCNCC2)C1C1CC1. The molecule has 43 heavy (non-hydrogen) atoms. The molecule has 2 aliphatic heterocycles. The zero-order chi connectivity index (χ0) is 30.6. The number of hydrogen-bond donors (Lipinski definition) is 3. The number of carbonyl (C=O) groups is 3. The Kier molecular flexibility index (Phi) is 7.45. The first kappa shape index (κ1) is 29.5. The van der Waals surface area contributed by atoms with Crippen molar-refractivity contribution in [1.29, 1.82) is 0 Å². The molecule has 2 unspecified atom stereocenters. The Labute approximate surface area is 256 Å². The van der Waals surface area contributed by atoms with E-state index < -0.39 is 37.2 Å². The van der Waals surface area contributed by atoms with Crippen LogP contribution >= 0.6 is 11.6 Å². The summed E-state index contributed by atoms with van der Waals surface area (Å²) in [7, 11) is -4.44. The summed E-state index contributed by atoms with van der Waals surface area (Å²) in [5.41, 5.74) is 7.16. The van der Waals surface area contributed by atoms with Crippen LogP contribution in [-0.4, -0.2) is 45.3 Å². The minimum absolute atomic E-state index is 0.000923. The first-order chi connectivity index (χ1) is 20.5. The molecule has 3 aromatic rings. The summed E-state index contributed by atoms with van der Waals surface area (Å²) >= 11 is 6.29. The third-order valence-corrected chi connectivity index (χ3v) is 12.0. The number of nitrogens with zero attached hydrogens (tertiary/aromatic N) is 1. The number of fused-ring (bicyclic) bond motifs is 2. The second kappa shape index (κ2) is 10.9. The highest BCUT2D eigenvalue weighted by molar-refractivity contribution is 7.91. The maximum Gasteiger partial charge on any atom is 0.339 e. The quantitative estimate of drug-likeness (QED) is 0.341. The van der Waals surface area contributed by atoms with Crippen molar-refractivity contribution in [2.24, 2.45) is 11.7 Å². The molecule has 2 heterocycles. The fraction of sp³-hybridized carbons (Fsp3) is 0.344. The van der Waals surface area contributed by atoms with Gasteiger partial charge in [0.15, 0.2) is 5.69 Å². The maximum absolute atomic E-state index is 14.9. The number of carbonyl (C=O) groups excluding carboxylic acids is 3.